The molecule has 10 heteroatoms. The Morgan fingerprint density at radius 2 is 1.35 bits per heavy atom. The summed E-state index contributed by atoms with van der Waals surface area (Å²) in [4.78, 5) is 24.6. The van der Waals surface area contributed by atoms with Crippen molar-refractivity contribution < 1.29 is 23.8 Å². The van der Waals surface area contributed by atoms with Crippen molar-refractivity contribution in [2.75, 3.05) is 39.6 Å². The van der Waals surface area contributed by atoms with E-state index in [2.05, 4.69) is 61.9 Å². The predicted octanol–water partition coefficient (Wildman–Crippen LogP) is 7.98. The summed E-state index contributed by atoms with van der Waals surface area (Å²) in [7, 11) is 0. The summed E-state index contributed by atoms with van der Waals surface area (Å²) in [5, 5.41) is 11.9. The van der Waals surface area contributed by atoms with Gasteiger partial charge in [0.25, 0.3) is 0 Å². The third-order valence-corrected chi connectivity index (χ3v) is 12.2. The summed E-state index contributed by atoms with van der Waals surface area (Å²) in [5.74, 6) is 1.89. The summed E-state index contributed by atoms with van der Waals surface area (Å²) in [5.41, 5.74) is 9.01. The van der Waals surface area contributed by atoms with Gasteiger partial charge in [-0.05, 0) is 118 Å². The molecule has 0 spiro atoms. The lowest BCUT2D eigenvalue weighted by Crippen LogP contribution is -2.44. The van der Waals surface area contributed by atoms with Crippen LogP contribution in [0.3, 0.4) is 0 Å². The first kappa shape index (κ1) is 44.4. The smallest absolute Gasteiger partial charge is 0.239 e. The minimum Gasteiger partial charge on any atom is -0.379 e. The molecule has 3 N–H and O–H groups in total. The Bertz CT molecular complexity index is 1150. The minimum absolute atomic E-state index is 0.172. The normalized spacial score (nSPS) is 19.4. The molecule has 0 bridgehead atoms. The molecule has 300 valence electrons. The Balaban J connectivity index is 1.25. The van der Waals surface area contributed by atoms with Gasteiger partial charge in [0.2, 0.25) is 11.8 Å². The van der Waals surface area contributed by atoms with Crippen molar-refractivity contribution in [1.29, 1.82) is 0 Å². The quantitative estimate of drug-likeness (QED) is 0.0768. The fraction of sp³-hybridized carbons (Fsp3) is 0.905. The van der Waals surface area contributed by atoms with Crippen LogP contribution in [0, 0.1) is 28.6 Å². The van der Waals surface area contributed by atoms with Gasteiger partial charge in [-0.2, -0.15) is 0 Å². The number of hydrogen-bond donors (Lipinski definition) is 2. The molecule has 1 aromatic heterocycles. The number of rotatable bonds is 30. The van der Waals surface area contributed by atoms with Gasteiger partial charge in [0, 0.05) is 19.6 Å². The topological polar surface area (TPSA) is 131 Å². The number of primary amides is 1. The second kappa shape index (κ2) is 23.7. The number of nitrogens with one attached hydrogen (secondary N) is 1. The average Bonchev–Trinajstić information content (AvgIpc) is 3.61. The van der Waals surface area contributed by atoms with Gasteiger partial charge in [-0.25, -0.2) is 4.68 Å². The Morgan fingerprint density at radius 1 is 0.788 bits per heavy atom. The van der Waals surface area contributed by atoms with Crippen molar-refractivity contribution in [3.63, 3.8) is 0 Å². The SMILES string of the molecule is CCCC(C)(CCC)CCOCCOCCOCCC(=O)NC(CCCCn1nnc2c1CCC1C(CC2)C1CCC(C)(CCC)CCC)C(N)=O. The number of carbonyl (C=O) groups excluding carboxylic acids is 2. The number of unbranched alkanes of at least 4 members (excludes halogenated alkanes) is 1. The van der Waals surface area contributed by atoms with Gasteiger partial charge >= 0.3 is 0 Å². The molecule has 10 nitrogen and oxygen atoms in total. The van der Waals surface area contributed by atoms with E-state index in [9.17, 15) is 9.59 Å². The van der Waals surface area contributed by atoms with Gasteiger partial charge in [0.15, 0.2) is 0 Å². The second-order valence-corrected chi connectivity index (χ2v) is 16.8. The highest BCUT2D eigenvalue weighted by Gasteiger charge is 2.49. The van der Waals surface area contributed by atoms with Gasteiger partial charge in [0.05, 0.1) is 44.4 Å². The molecule has 52 heavy (non-hydrogen) atoms. The van der Waals surface area contributed by atoms with Crippen LogP contribution in [-0.2, 0) is 43.2 Å². The number of hydrogen-bond acceptors (Lipinski definition) is 7. The molecule has 0 aromatic carbocycles. The Morgan fingerprint density at radius 3 is 1.94 bits per heavy atom. The summed E-state index contributed by atoms with van der Waals surface area (Å²) < 4.78 is 19.1. The van der Waals surface area contributed by atoms with E-state index in [0.717, 1.165) is 63.0 Å². The summed E-state index contributed by atoms with van der Waals surface area (Å²) in [6.45, 7) is 17.8. The zero-order valence-corrected chi connectivity index (χ0v) is 34.2. The summed E-state index contributed by atoms with van der Waals surface area (Å²) in [6.07, 6.45) is 20.9. The number of amides is 2. The number of aromatic nitrogens is 3. The molecule has 2 aliphatic carbocycles. The molecule has 1 aromatic rings. The van der Waals surface area contributed by atoms with Crippen LogP contribution < -0.4 is 11.1 Å². The average molecular weight is 732 g/mol. The molecule has 2 amide bonds. The van der Waals surface area contributed by atoms with Crippen molar-refractivity contribution in [2.24, 2.45) is 34.3 Å². The standard InChI is InChI=1S/C42H77N5O5/c1-7-20-41(5,21-8-2)24-18-35-33-14-16-36-38(17-15-34(33)35)47(46-45-36)26-12-11-13-37(40(43)49)44-39(48)19-27-50-29-31-52-32-30-51-28-25-42(6,22-9-3)23-10-4/h33-35,37H,7-32H2,1-6H3,(H2,43,49)(H,44,48). The lowest BCUT2D eigenvalue weighted by Gasteiger charge is -2.29. The van der Waals surface area contributed by atoms with Crippen molar-refractivity contribution in [3.05, 3.63) is 11.4 Å². The zero-order chi connectivity index (χ0) is 37.8. The Hall–Kier alpha value is -2.04. The van der Waals surface area contributed by atoms with E-state index in [0.29, 0.717) is 43.7 Å². The molecule has 1 saturated carbocycles. The van der Waals surface area contributed by atoms with E-state index in [1.54, 1.807) is 0 Å². The lowest BCUT2D eigenvalue weighted by atomic mass is 9.77. The van der Waals surface area contributed by atoms with Crippen molar-refractivity contribution in [3.8, 4) is 0 Å². The largest absolute Gasteiger partial charge is 0.379 e. The maximum Gasteiger partial charge on any atom is 0.239 e. The van der Waals surface area contributed by atoms with Crippen LogP contribution in [0.5, 0.6) is 0 Å². The molecule has 2 aliphatic rings. The lowest BCUT2D eigenvalue weighted by molar-refractivity contribution is -0.128. The van der Waals surface area contributed by atoms with Gasteiger partial charge in [-0.3, -0.25) is 9.59 Å². The number of aryl methyl sites for hydroxylation is 2. The van der Waals surface area contributed by atoms with E-state index in [1.807, 2.05) is 0 Å². The molecular weight excluding hydrogens is 654 g/mol. The van der Waals surface area contributed by atoms with Crippen LogP contribution in [0.25, 0.3) is 0 Å². The van der Waals surface area contributed by atoms with E-state index < -0.39 is 11.9 Å². The number of ether oxygens (including phenoxy) is 3. The van der Waals surface area contributed by atoms with Crippen molar-refractivity contribution in [2.45, 2.75) is 176 Å². The van der Waals surface area contributed by atoms with Crippen LogP contribution >= 0.6 is 0 Å². The highest BCUT2D eigenvalue weighted by Crippen LogP contribution is 2.56. The highest BCUT2D eigenvalue weighted by atomic mass is 16.5. The van der Waals surface area contributed by atoms with Crippen LogP contribution in [0.4, 0.5) is 0 Å². The van der Waals surface area contributed by atoms with E-state index >= 15 is 0 Å². The molecule has 3 rings (SSSR count). The maximum absolute atomic E-state index is 12.5. The van der Waals surface area contributed by atoms with Gasteiger partial charge < -0.3 is 25.3 Å². The number of nitrogens with zero attached hydrogens (tertiary/aromatic N) is 3. The summed E-state index contributed by atoms with van der Waals surface area (Å²) >= 11 is 0. The Kier molecular flexibility index (Phi) is 20.2. The second-order valence-electron chi connectivity index (χ2n) is 16.8. The molecule has 4 unspecified atom stereocenters. The number of fused-ring (bicyclic) bond motifs is 2. The van der Waals surface area contributed by atoms with E-state index in [-0.39, 0.29) is 18.9 Å². The third-order valence-electron chi connectivity index (χ3n) is 12.2. The highest BCUT2D eigenvalue weighted by molar-refractivity contribution is 5.86. The molecule has 0 radical (unpaired) electrons. The van der Waals surface area contributed by atoms with Crippen LogP contribution in [-0.4, -0.2) is 72.5 Å². The first-order chi connectivity index (χ1) is 25.1. The monoisotopic (exact) mass is 732 g/mol. The van der Waals surface area contributed by atoms with Gasteiger partial charge in [-0.1, -0.05) is 72.4 Å². The predicted molar refractivity (Wildman–Crippen MR) is 209 cm³/mol. The van der Waals surface area contributed by atoms with Gasteiger partial charge in [-0.15, -0.1) is 5.10 Å². The first-order valence-corrected chi connectivity index (χ1v) is 21.3. The molecular formula is C42H77N5O5. The molecule has 1 heterocycles. The van der Waals surface area contributed by atoms with E-state index in [4.69, 9.17) is 19.9 Å². The number of carbonyl (C=O) groups is 2. The fourth-order valence-electron chi connectivity index (χ4n) is 9.30. The van der Waals surface area contributed by atoms with Crippen LogP contribution in [0.1, 0.15) is 162 Å². The number of nitrogens with two attached hydrogens (primary N) is 1. The van der Waals surface area contributed by atoms with Crippen molar-refractivity contribution in [1.82, 2.24) is 20.3 Å². The Labute approximate surface area is 316 Å². The fourth-order valence-corrected chi connectivity index (χ4v) is 9.30. The zero-order valence-electron chi connectivity index (χ0n) is 34.2. The molecule has 0 saturated heterocycles. The van der Waals surface area contributed by atoms with Gasteiger partial charge in [0.1, 0.15) is 6.04 Å². The van der Waals surface area contributed by atoms with Crippen molar-refractivity contribution >= 4 is 11.8 Å². The summed E-state index contributed by atoms with van der Waals surface area (Å²) in [6, 6.07) is -0.686. The minimum atomic E-state index is -0.686. The molecule has 4 atom stereocenters. The van der Waals surface area contributed by atoms with Crippen LogP contribution in [0.15, 0.2) is 0 Å². The third kappa shape index (κ3) is 15.4. The first-order valence-electron chi connectivity index (χ1n) is 21.3. The van der Waals surface area contributed by atoms with Crippen LogP contribution in [0.2, 0.25) is 0 Å². The molecule has 1 fully saturated rings. The molecule has 0 aliphatic heterocycles. The van der Waals surface area contributed by atoms with E-state index in [1.165, 1.54) is 88.4 Å². The maximum atomic E-state index is 12.5.